The molecule has 1 amide bonds. The standard InChI is InChI=1S/C18H23N3O4/c1-3-7-16-19-10-11-21(16)12-15(17(22)24-2)20-18(23)25-13-14-8-5-4-6-9-14/h4-6,8-11,15H,3,7,12-13H2,1-2H3,(H,20,23). The SMILES string of the molecule is CCCc1nccn1CC(NC(=O)OCc1ccccc1)C(=O)OC. The Bertz CT molecular complexity index is 685. The Kier molecular flexibility index (Phi) is 7.00. The van der Waals surface area contributed by atoms with Gasteiger partial charge in [-0.2, -0.15) is 0 Å². The number of alkyl carbamates (subject to hydrolysis) is 1. The van der Waals surface area contributed by atoms with Crippen molar-refractivity contribution in [1.82, 2.24) is 14.9 Å². The summed E-state index contributed by atoms with van der Waals surface area (Å²) in [6.07, 6.45) is 4.51. The number of nitrogens with one attached hydrogen (secondary N) is 1. The highest BCUT2D eigenvalue weighted by atomic mass is 16.6. The Morgan fingerprint density at radius 1 is 1.28 bits per heavy atom. The third kappa shape index (κ3) is 5.63. The zero-order valence-corrected chi connectivity index (χ0v) is 14.5. The fraction of sp³-hybridized carbons (Fsp3) is 0.389. The molecule has 1 heterocycles. The highest BCUT2D eigenvalue weighted by Gasteiger charge is 2.23. The molecular formula is C18H23N3O4. The quantitative estimate of drug-likeness (QED) is 0.742. The molecule has 1 aromatic heterocycles. The van der Waals surface area contributed by atoms with Crippen LogP contribution in [0, 0.1) is 0 Å². The fourth-order valence-electron chi connectivity index (χ4n) is 2.38. The number of aryl methyl sites for hydroxylation is 1. The number of nitrogens with zero attached hydrogens (tertiary/aromatic N) is 2. The number of rotatable bonds is 8. The van der Waals surface area contributed by atoms with E-state index in [2.05, 4.69) is 17.2 Å². The lowest BCUT2D eigenvalue weighted by Crippen LogP contribution is -2.44. The van der Waals surface area contributed by atoms with E-state index >= 15 is 0 Å². The molecule has 0 radical (unpaired) electrons. The third-order valence-corrected chi connectivity index (χ3v) is 3.65. The van der Waals surface area contributed by atoms with Gasteiger partial charge in [0, 0.05) is 18.8 Å². The molecule has 0 saturated heterocycles. The summed E-state index contributed by atoms with van der Waals surface area (Å²) in [6.45, 7) is 2.42. The minimum atomic E-state index is -0.849. The van der Waals surface area contributed by atoms with Crippen molar-refractivity contribution in [2.75, 3.05) is 7.11 Å². The lowest BCUT2D eigenvalue weighted by Gasteiger charge is -2.18. The first kappa shape index (κ1) is 18.5. The highest BCUT2D eigenvalue weighted by Crippen LogP contribution is 2.05. The number of benzene rings is 1. The molecule has 0 spiro atoms. The Balaban J connectivity index is 1.96. The van der Waals surface area contributed by atoms with Crippen molar-refractivity contribution in [2.24, 2.45) is 0 Å². The Labute approximate surface area is 147 Å². The van der Waals surface area contributed by atoms with Gasteiger partial charge in [-0.1, -0.05) is 37.3 Å². The van der Waals surface area contributed by atoms with Crippen LogP contribution in [0.3, 0.4) is 0 Å². The molecule has 0 aliphatic heterocycles. The van der Waals surface area contributed by atoms with Crippen molar-refractivity contribution in [3.05, 3.63) is 54.1 Å². The van der Waals surface area contributed by atoms with Crippen molar-refractivity contribution in [2.45, 2.75) is 39.0 Å². The monoisotopic (exact) mass is 345 g/mol. The van der Waals surface area contributed by atoms with Crippen molar-refractivity contribution < 1.29 is 19.1 Å². The van der Waals surface area contributed by atoms with Crippen LogP contribution in [0.25, 0.3) is 0 Å². The van der Waals surface area contributed by atoms with Crippen molar-refractivity contribution in [3.63, 3.8) is 0 Å². The van der Waals surface area contributed by atoms with E-state index in [0.717, 1.165) is 24.2 Å². The van der Waals surface area contributed by atoms with Crippen LogP contribution in [0.2, 0.25) is 0 Å². The van der Waals surface area contributed by atoms with E-state index in [1.807, 2.05) is 34.9 Å². The van der Waals surface area contributed by atoms with E-state index in [1.165, 1.54) is 7.11 Å². The molecule has 7 heteroatoms. The van der Waals surface area contributed by atoms with Gasteiger partial charge < -0.3 is 19.4 Å². The summed E-state index contributed by atoms with van der Waals surface area (Å²) in [5, 5.41) is 2.56. The Morgan fingerprint density at radius 3 is 2.72 bits per heavy atom. The zero-order chi connectivity index (χ0) is 18.1. The number of aromatic nitrogens is 2. The first-order chi connectivity index (χ1) is 12.1. The molecule has 0 fully saturated rings. The van der Waals surface area contributed by atoms with Gasteiger partial charge in [-0.15, -0.1) is 0 Å². The Morgan fingerprint density at radius 2 is 2.04 bits per heavy atom. The van der Waals surface area contributed by atoms with E-state index < -0.39 is 18.1 Å². The van der Waals surface area contributed by atoms with Crippen LogP contribution >= 0.6 is 0 Å². The molecule has 1 aromatic carbocycles. The smallest absolute Gasteiger partial charge is 0.408 e. The minimum absolute atomic E-state index is 0.132. The number of esters is 1. The maximum Gasteiger partial charge on any atom is 0.408 e. The number of imidazole rings is 1. The second-order valence-corrected chi connectivity index (χ2v) is 5.53. The average Bonchev–Trinajstić information content (AvgIpc) is 3.07. The van der Waals surface area contributed by atoms with E-state index in [4.69, 9.17) is 9.47 Å². The summed E-state index contributed by atoms with van der Waals surface area (Å²) in [5.41, 5.74) is 0.868. The molecule has 2 rings (SSSR count). The van der Waals surface area contributed by atoms with E-state index in [-0.39, 0.29) is 13.2 Å². The molecule has 1 N–H and O–H groups in total. The van der Waals surface area contributed by atoms with Crippen LogP contribution in [-0.4, -0.2) is 34.8 Å². The summed E-state index contributed by atoms with van der Waals surface area (Å²) < 4.78 is 11.8. The normalized spacial score (nSPS) is 11.6. The predicted octanol–water partition coefficient (Wildman–Crippen LogP) is 2.30. The average molecular weight is 345 g/mol. The van der Waals surface area contributed by atoms with Crippen molar-refractivity contribution in [1.29, 1.82) is 0 Å². The minimum Gasteiger partial charge on any atom is -0.467 e. The molecule has 0 saturated carbocycles. The summed E-state index contributed by atoms with van der Waals surface area (Å²) in [6, 6.07) is 8.47. The van der Waals surface area contributed by atoms with E-state index in [9.17, 15) is 9.59 Å². The predicted molar refractivity (Wildman–Crippen MR) is 91.8 cm³/mol. The second kappa shape index (κ2) is 9.46. The van der Waals surface area contributed by atoms with Crippen LogP contribution in [0.5, 0.6) is 0 Å². The van der Waals surface area contributed by atoms with Crippen molar-refractivity contribution >= 4 is 12.1 Å². The number of hydrogen-bond acceptors (Lipinski definition) is 5. The lowest BCUT2D eigenvalue weighted by atomic mass is 10.2. The second-order valence-electron chi connectivity index (χ2n) is 5.53. The van der Waals surface area contributed by atoms with Gasteiger partial charge in [0.2, 0.25) is 0 Å². The van der Waals surface area contributed by atoms with Gasteiger partial charge >= 0.3 is 12.1 Å². The summed E-state index contributed by atoms with van der Waals surface area (Å²) in [5.74, 6) is 0.323. The zero-order valence-electron chi connectivity index (χ0n) is 14.5. The van der Waals surface area contributed by atoms with Gasteiger partial charge in [-0.25, -0.2) is 14.6 Å². The third-order valence-electron chi connectivity index (χ3n) is 3.65. The van der Waals surface area contributed by atoms with E-state index in [1.54, 1.807) is 12.4 Å². The Hall–Kier alpha value is -2.83. The number of carbonyl (C=O) groups is 2. The first-order valence-electron chi connectivity index (χ1n) is 8.19. The molecule has 7 nitrogen and oxygen atoms in total. The fourth-order valence-corrected chi connectivity index (χ4v) is 2.38. The van der Waals surface area contributed by atoms with Gasteiger partial charge in [0.05, 0.1) is 13.7 Å². The maximum atomic E-state index is 12.0. The lowest BCUT2D eigenvalue weighted by molar-refractivity contribution is -0.143. The van der Waals surface area contributed by atoms with E-state index in [0.29, 0.717) is 0 Å². The number of ether oxygens (including phenoxy) is 2. The molecule has 134 valence electrons. The number of hydrogen-bond donors (Lipinski definition) is 1. The van der Waals surface area contributed by atoms with Gasteiger partial charge in [0.1, 0.15) is 18.5 Å². The largest absolute Gasteiger partial charge is 0.467 e. The van der Waals surface area contributed by atoms with Gasteiger partial charge in [0.15, 0.2) is 0 Å². The van der Waals surface area contributed by atoms with Crippen molar-refractivity contribution in [3.8, 4) is 0 Å². The maximum absolute atomic E-state index is 12.0. The first-order valence-corrected chi connectivity index (χ1v) is 8.19. The number of methoxy groups -OCH3 is 1. The number of amides is 1. The van der Waals surface area contributed by atoms with Crippen LogP contribution in [-0.2, 0) is 33.8 Å². The molecule has 1 atom stereocenters. The molecule has 0 aliphatic carbocycles. The molecule has 25 heavy (non-hydrogen) atoms. The summed E-state index contributed by atoms with van der Waals surface area (Å²) in [7, 11) is 1.28. The number of carbonyl (C=O) groups excluding carboxylic acids is 2. The summed E-state index contributed by atoms with van der Waals surface area (Å²) in [4.78, 5) is 28.3. The topological polar surface area (TPSA) is 82.5 Å². The van der Waals surface area contributed by atoms with Crippen LogP contribution < -0.4 is 5.32 Å². The summed E-state index contributed by atoms with van der Waals surface area (Å²) >= 11 is 0. The molecular weight excluding hydrogens is 322 g/mol. The molecule has 0 aliphatic rings. The van der Waals surface area contributed by atoms with Crippen LogP contribution in [0.1, 0.15) is 24.7 Å². The highest BCUT2D eigenvalue weighted by molar-refractivity contribution is 5.81. The van der Waals surface area contributed by atoms with Gasteiger partial charge in [-0.05, 0) is 12.0 Å². The molecule has 0 bridgehead atoms. The van der Waals surface area contributed by atoms with Gasteiger partial charge in [-0.3, -0.25) is 0 Å². The molecule has 2 aromatic rings. The van der Waals surface area contributed by atoms with Gasteiger partial charge in [0.25, 0.3) is 0 Å². The van der Waals surface area contributed by atoms with Crippen LogP contribution in [0.15, 0.2) is 42.7 Å². The van der Waals surface area contributed by atoms with Crippen LogP contribution in [0.4, 0.5) is 4.79 Å². The molecule has 1 unspecified atom stereocenters.